The van der Waals surface area contributed by atoms with E-state index >= 15 is 0 Å². The highest BCUT2D eigenvalue weighted by molar-refractivity contribution is 5.73. The summed E-state index contributed by atoms with van der Waals surface area (Å²) in [6.45, 7) is 3.27. The van der Waals surface area contributed by atoms with Crippen LogP contribution in [0.1, 0.15) is 16.7 Å². The number of benzene rings is 2. The van der Waals surface area contributed by atoms with Crippen molar-refractivity contribution in [2.45, 2.75) is 26.3 Å². The standard InChI is InChI=1S/C17H17F2NO4/c1-8-3-11(4-9(2)15(8)21)24-16-12(18)5-10(6-13(16)19)7-14(20)17(22)23/h3-6,14,21H,7,20H2,1-2H3,(H,22,23). The van der Waals surface area contributed by atoms with Crippen LogP contribution in [0, 0.1) is 25.5 Å². The van der Waals surface area contributed by atoms with Gasteiger partial charge in [-0.05, 0) is 61.2 Å². The molecule has 0 aliphatic heterocycles. The Labute approximate surface area is 137 Å². The second kappa shape index (κ2) is 6.84. The molecule has 1 unspecified atom stereocenters. The fourth-order valence-electron chi connectivity index (χ4n) is 2.26. The maximum atomic E-state index is 14.1. The van der Waals surface area contributed by atoms with Crippen molar-refractivity contribution in [3.8, 4) is 17.2 Å². The molecule has 0 heterocycles. The number of aliphatic carboxylic acids is 1. The van der Waals surface area contributed by atoms with E-state index in [0.717, 1.165) is 12.1 Å². The van der Waals surface area contributed by atoms with Gasteiger partial charge in [0.25, 0.3) is 0 Å². The van der Waals surface area contributed by atoms with Crippen molar-refractivity contribution in [1.29, 1.82) is 0 Å². The number of nitrogens with two attached hydrogens (primary N) is 1. The number of carboxylic acids is 1. The first-order chi connectivity index (χ1) is 11.2. The molecule has 24 heavy (non-hydrogen) atoms. The zero-order valence-electron chi connectivity index (χ0n) is 13.1. The molecular weight excluding hydrogens is 320 g/mol. The molecule has 5 nitrogen and oxygen atoms in total. The molecule has 2 aromatic carbocycles. The number of aromatic hydroxyl groups is 1. The highest BCUT2D eigenvalue weighted by Crippen LogP contribution is 2.33. The van der Waals surface area contributed by atoms with Gasteiger partial charge in [-0.25, -0.2) is 8.78 Å². The first-order valence-electron chi connectivity index (χ1n) is 7.13. The average molecular weight is 337 g/mol. The maximum Gasteiger partial charge on any atom is 0.320 e. The number of hydrogen-bond donors (Lipinski definition) is 3. The van der Waals surface area contributed by atoms with E-state index < -0.39 is 29.4 Å². The summed E-state index contributed by atoms with van der Waals surface area (Å²) in [4.78, 5) is 10.7. The highest BCUT2D eigenvalue weighted by atomic mass is 19.1. The van der Waals surface area contributed by atoms with Gasteiger partial charge in [0.1, 0.15) is 17.5 Å². The molecule has 0 aliphatic rings. The lowest BCUT2D eigenvalue weighted by atomic mass is 10.1. The third-order valence-electron chi connectivity index (χ3n) is 3.52. The summed E-state index contributed by atoms with van der Waals surface area (Å²) >= 11 is 0. The molecule has 0 aliphatic carbocycles. The molecule has 0 aromatic heterocycles. The number of ether oxygens (including phenoxy) is 1. The van der Waals surface area contributed by atoms with Crippen molar-refractivity contribution in [2.75, 3.05) is 0 Å². The molecule has 1 atom stereocenters. The van der Waals surface area contributed by atoms with Crippen LogP contribution < -0.4 is 10.5 Å². The van der Waals surface area contributed by atoms with Crippen LogP contribution in [0.25, 0.3) is 0 Å². The van der Waals surface area contributed by atoms with E-state index in [4.69, 9.17) is 15.6 Å². The number of aryl methyl sites for hydroxylation is 2. The third-order valence-corrected chi connectivity index (χ3v) is 3.52. The highest BCUT2D eigenvalue weighted by Gasteiger charge is 2.18. The van der Waals surface area contributed by atoms with Gasteiger partial charge >= 0.3 is 5.97 Å². The first kappa shape index (κ1) is 17.7. The molecule has 0 radical (unpaired) electrons. The van der Waals surface area contributed by atoms with Crippen LogP contribution in [-0.2, 0) is 11.2 Å². The largest absolute Gasteiger partial charge is 0.507 e. The van der Waals surface area contributed by atoms with E-state index in [-0.39, 0.29) is 23.5 Å². The second-order valence-corrected chi connectivity index (χ2v) is 5.55. The van der Waals surface area contributed by atoms with E-state index in [2.05, 4.69) is 0 Å². The van der Waals surface area contributed by atoms with Crippen LogP contribution in [0.4, 0.5) is 8.78 Å². The van der Waals surface area contributed by atoms with Crippen molar-refractivity contribution in [3.05, 3.63) is 52.6 Å². The Morgan fingerprint density at radius 3 is 2.12 bits per heavy atom. The number of rotatable bonds is 5. The van der Waals surface area contributed by atoms with Gasteiger partial charge in [-0.1, -0.05) is 0 Å². The Morgan fingerprint density at radius 1 is 1.17 bits per heavy atom. The molecule has 2 rings (SSSR count). The van der Waals surface area contributed by atoms with Crippen LogP contribution in [0.15, 0.2) is 24.3 Å². The Morgan fingerprint density at radius 2 is 1.67 bits per heavy atom. The number of halogens is 2. The van der Waals surface area contributed by atoms with E-state index in [1.165, 1.54) is 12.1 Å². The number of hydrogen-bond acceptors (Lipinski definition) is 4. The summed E-state index contributed by atoms with van der Waals surface area (Å²) in [5, 5.41) is 18.5. The Bertz CT molecular complexity index is 746. The fourth-order valence-corrected chi connectivity index (χ4v) is 2.26. The van der Waals surface area contributed by atoms with Gasteiger partial charge in [0.05, 0.1) is 0 Å². The van der Waals surface area contributed by atoms with E-state index in [1.54, 1.807) is 13.8 Å². The van der Waals surface area contributed by atoms with Gasteiger partial charge in [0.15, 0.2) is 17.4 Å². The van der Waals surface area contributed by atoms with Crippen LogP contribution in [0.2, 0.25) is 0 Å². The number of phenols is 1. The number of phenolic OH excluding ortho intramolecular Hbond substituents is 1. The lowest BCUT2D eigenvalue weighted by molar-refractivity contribution is -0.138. The summed E-state index contributed by atoms with van der Waals surface area (Å²) in [6.07, 6.45) is -0.207. The summed E-state index contributed by atoms with van der Waals surface area (Å²) < 4.78 is 33.5. The van der Waals surface area contributed by atoms with Crippen LogP contribution in [0.5, 0.6) is 17.2 Å². The van der Waals surface area contributed by atoms with Crippen molar-refractivity contribution in [3.63, 3.8) is 0 Å². The summed E-state index contributed by atoms with van der Waals surface area (Å²) in [7, 11) is 0. The summed E-state index contributed by atoms with van der Waals surface area (Å²) in [5.41, 5.74) is 6.49. The molecule has 4 N–H and O–H groups in total. The third kappa shape index (κ3) is 3.80. The molecule has 0 saturated carbocycles. The number of carboxylic acid groups (broad SMARTS) is 1. The molecule has 0 fully saturated rings. The molecular formula is C17H17F2NO4. The van der Waals surface area contributed by atoms with Crippen LogP contribution >= 0.6 is 0 Å². The fraction of sp³-hybridized carbons (Fsp3) is 0.235. The van der Waals surface area contributed by atoms with E-state index in [9.17, 15) is 18.7 Å². The smallest absolute Gasteiger partial charge is 0.320 e. The number of carbonyl (C=O) groups is 1. The van der Waals surface area contributed by atoms with E-state index in [1.807, 2.05) is 0 Å². The van der Waals surface area contributed by atoms with E-state index in [0.29, 0.717) is 11.1 Å². The quantitative estimate of drug-likeness (QED) is 0.780. The Hall–Kier alpha value is -2.67. The minimum Gasteiger partial charge on any atom is -0.507 e. The van der Waals surface area contributed by atoms with Gasteiger partial charge in [-0.2, -0.15) is 0 Å². The molecule has 0 amide bonds. The van der Waals surface area contributed by atoms with Gasteiger partial charge in [-0.3, -0.25) is 4.79 Å². The SMILES string of the molecule is Cc1cc(Oc2c(F)cc(CC(N)C(=O)O)cc2F)cc(C)c1O. The molecule has 7 heteroatoms. The normalized spacial score (nSPS) is 12.0. The topological polar surface area (TPSA) is 92.8 Å². The van der Waals surface area contributed by atoms with Crippen LogP contribution in [0.3, 0.4) is 0 Å². The monoisotopic (exact) mass is 337 g/mol. The van der Waals surface area contributed by atoms with Gasteiger partial charge in [0, 0.05) is 0 Å². The van der Waals surface area contributed by atoms with Gasteiger partial charge in [0.2, 0.25) is 0 Å². The molecule has 0 spiro atoms. The predicted molar refractivity (Wildman–Crippen MR) is 83.3 cm³/mol. The van der Waals surface area contributed by atoms with Crippen molar-refractivity contribution >= 4 is 5.97 Å². The first-order valence-corrected chi connectivity index (χ1v) is 7.13. The molecule has 0 saturated heterocycles. The maximum absolute atomic E-state index is 14.1. The van der Waals surface area contributed by atoms with Crippen molar-refractivity contribution < 1.29 is 28.5 Å². The van der Waals surface area contributed by atoms with Crippen LogP contribution in [-0.4, -0.2) is 22.2 Å². The predicted octanol–water partition coefficient (Wildman–Crippen LogP) is 3.03. The average Bonchev–Trinajstić information content (AvgIpc) is 2.48. The molecule has 128 valence electrons. The summed E-state index contributed by atoms with van der Waals surface area (Å²) in [6, 6.07) is 3.63. The molecule has 2 aromatic rings. The van der Waals surface area contributed by atoms with Gasteiger partial charge < -0.3 is 20.7 Å². The van der Waals surface area contributed by atoms with Gasteiger partial charge in [-0.15, -0.1) is 0 Å². The second-order valence-electron chi connectivity index (χ2n) is 5.55. The zero-order chi connectivity index (χ0) is 18.0. The summed E-state index contributed by atoms with van der Waals surface area (Å²) in [5.74, 6) is -3.54. The molecule has 0 bridgehead atoms. The minimum absolute atomic E-state index is 0.0845. The minimum atomic E-state index is -1.26. The lowest BCUT2D eigenvalue weighted by Gasteiger charge is -2.13. The van der Waals surface area contributed by atoms with Crippen molar-refractivity contribution in [1.82, 2.24) is 0 Å². The Kier molecular flexibility index (Phi) is 5.04. The Balaban J connectivity index is 2.30. The van der Waals surface area contributed by atoms with Crippen molar-refractivity contribution in [2.24, 2.45) is 5.73 Å². The zero-order valence-corrected chi connectivity index (χ0v) is 13.1. The lowest BCUT2D eigenvalue weighted by Crippen LogP contribution is -2.32.